The van der Waals surface area contributed by atoms with E-state index in [9.17, 15) is 0 Å². The topological polar surface area (TPSA) is 44.5 Å². The summed E-state index contributed by atoms with van der Waals surface area (Å²) >= 11 is 0. The van der Waals surface area contributed by atoms with Gasteiger partial charge >= 0.3 is 0 Å². The second-order valence-corrected chi connectivity index (χ2v) is 5.43. The molecular formula is C18H21NO2. The van der Waals surface area contributed by atoms with Crippen LogP contribution in [0, 0.1) is 0 Å². The van der Waals surface area contributed by atoms with Crippen molar-refractivity contribution in [3.8, 4) is 11.5 Å². The summed E-state index contributed by atoms with van der Waals surface area (Å²) in [6.07, 6.45) is 2.10. The highest BCUT2D eigenvalue weighted by Gasteiger charge is 2.27. The van der Waals surface area contributed by atoms with Gasteiger partial charge in [0.15, 0.2) is 17.6 Å². The Labute approximate surface area is 125 Å². The van der Waals surface area contributed by atoms with Gasteiger partial charge in [0.25, 0.3) is 0 Å². The average molecular weight is 283 g/mol. The van der Waals surface area contributed by atoms with Crippen molar-refractivity contribution in [2.45, 2.75) is 31.9 Å². The molecule has 110 valence electrons. The van der Waals surface area contributed by atoms with Crippen molar-refractivity contribution in [1.82, 2.24) is 0 Å². The summed E-state index contributed by atoms with van der Waals surface area (Å²) < 4.78 is 11.7. The lowest BCUT2D eigenvalue weighted by Crippen LogP contribution is -2.38. The van der Waals surface area contributed by atoms with E-state index in [1.54, 1.807) is 0 Å². The second kappa shape index (κ2) is 6.19. The van der Waals surface area contributed by atoms with Crippen LogP contribution in [0.5, 0.6) is 11.5 Å². The molecule has 3 rings (SSSR count). The fraction of sp³-hybridized carbons (Fsp3) is 0.333. The van der Waals surface area contributed by atoms with Crippen LogP contribution in [0.2, 0.25) is 0 Å². The molecule has 0 radical (unpaired) electrons. The van der Waals surface area contributed by atoms with E-state index in [0.29, 0.717) is 6.61 Å². The van der Waals surface area contributed by atoms with Crippen molar-refractivity contribution < 1.29 is 9.47 Å². The molecule has 2 aromatic rings. The molecule has 0 aliphatic carbocycles. The van der Waals surface area contributed by atoms with Crippen molar-refractivity contribution in [2.24, 2.45) is 5.73 Å². The van der Waals surface area contributed by atoms with Gasteiger partial charge in [-0.2, -0.15) is 0 Å². The van der Waals surface area contributed by atoms with Gasteiger partial charge in [-0.1, -0.05) is 49.7 Å². The highest BCUT2D eigenvalue weighted by molar-refractivity contribution is 5.41. The highest BCUT2D eigenvalue weighted by atomic mass is 16.6. The maximum atomic E-state index is 6.35. The highest BCUT2D eigenvalue weighted by Crippen LogP contribution is 2.33. The minimum absolute atomic E-state index is 0.156. The molecule has 0 aromatic heterocycles. The Hall–Kier alpha value is -2.00. The molecule has 0 fully saturated rings. The van der Waals surface area contributed by atoms with Crippen LogP contribution in [0.4, 0.5) is 0 Å². The summed E-state index contributed by atoms with van der Waals surface area (Å²) in [4.78, 5) is 0. The maximum absolute atomic E-state index is 6.35. The lowest BCUT2D eigenvalue weighted by molar-refractivity contribution is 0.0721. The van der Waals surface area contributed by atoms with Gasteiger partial charge in [-0.15, -0.1) is 0 Å². The number of ether oxygens (including phenoxy) is 2. The first-order valence-corrected chi connectivity index (χ1v) is 7.51. The van der Waals surface area contributed by atoms with Crippen LogP contribution in [0.3, 0.4) is 0 Å². The minimum Gasteiger partial charge on any atom is -0.486 e. The number of hydrogen-bond acceptors (Lipinski definition) is 3. The van der Waals surface area contributed by atoms with E-state index >= 15 is 0 Å². The van der Waals surface area contributed by atoms with Crippen LogP contribution in [-0.4, -0.2) is 12.7 Å². The van der Waals surface area contributed by atoms with E-state index in [4.69, 9.17) is 15.2 Å². The first kappa shape index (κ1) is 14.0. The normalized spacial score (nSPS) is 18.3. The quantitative estimate of drug-likeness (QED) is 0.934. The Kier molecular flexibility index (Phi) is 4.11. The molecule has 0 spiro atoms. The molecule has 3 heteroatoms. The zero-order valence-corrected chi connectivity index (χ0v) is 12.3. The molecule has 2 atom stereocenters. The zero-order valence-electron chi connectivity index (χ0n) is 12.3. The molecule has 2 unspecified atom stereocenters. The van der Waals surface area contributed by atoms with Gasteiger partial charge in [-0.05, 0) is 29.7 Å². The Balaban J connectivity index is 1.72. The van der Waals surface area contributed by atoms with Gasteiger partial charge in [-0.3, -0.25) is 0 Å². The summed E-state index contributed by atoms with van der Waals surface area (Å²) in [5.74, 6) is 1.56. The predicted octanol–water partition coefficient (Wildman–Crippen LogP) is 3.48. The molecule has 0 bridgehead atoms. The van der Waals surface area contributed by atoms with Crippen molar-refractivity contribution in [3.05, 3.63) is 59.7 Å². The monoisotopic (exact) mass is 283 g/mol. The van der Waals surface area contributed by atoms with Crippen molar-refractivity contribution in [3.63, 3.8) is 0 Å². The number of nitrogens with two attached hydrogens (primary N) is 1. The van der Waals surface area contributed by atoms with Crippen molar-refractivity contribution in [2.75, 3.05) is 6.61 Å². The molecule has 2 N–H and O–H groups in total. The van der Waals surface area contributed by atoms with Gasteiger partial charge < -0.3 is 15.2 Å². The number of benzene rings is 2. The zero-order chi connectivity index (χ0) is 14.7. The van der Waals surface area contributed by atoms with E-state index in [0.717, 1.165) is 29.9 Å². The van der Waals surface area contributed by atoms with Crippen LogP contribution < -0.4 is 15.2 Å². The average Bonchev–Trinajstić information content (AvgIpc) is 2.55. The number of rotatable bonds is 4. The van der Waals surface area contributed by atoms with E-state index < -0.39 is 0 Å². The number of hydrogen-bond donors (Lipinski definition) is 1. The van der Waals surface area contributed by atoms with Gasteiger partial charge in [0.1, 0.15) is 6.61 Å². The van der Waals surface area contributed by atoms with Crippen LogP contribution in [0.25, 0.3) is 0 Å². The molecule has 21 heavy (non-hydrogen) atoms. The number of aryl methyl sites for hydroxylation is 1. The van der Waals surface area contributed by atoms with Crippen molar-refractivity contribution in [1.29, 1.82) is 0 Å². The third-order valence-electron chi connectivity index (χ3n) is 3.83. The van der Waals surface area contributed by atoms with E-state index in [-0.39, 0.29) is 12.1 Å². The first-order valence-electron chi connectivity index (χ1n) is 7.51. The third kappa shape index (κ3) is 3.03. The summed E-state index contributed by atoms with van der Waals surface area (Å²) in [6, 6.07) is 16.0. The van der Waals surface area contributed by atoms with Gasteiger partial charge in [0.2, 0.25) is 0 Å². The number of para-hydroxylation sites is 2. The molecular weight excluding hydrogens is 262 g/mol. The van der Waals surface area contributed by atoms with Gasteiger partial charge in [-0.25, -0.2) is 0 Å². The summed E-state index contributed by atoms with van der Waals surface area (Å²) in [6.45, 7) is 2.67. The standard InChI is InChI=1S/C18H21NO2/c1-2-5-13-8-10-14(11-9-13)18(19)17-12-20-15-6-3-4-7-16(15)21-17/h3-4,6-11,17-18H,2,5,12,19H2,1H3. The SMILES string of the molecule is CCCc1ccc(C(N)C2COc3ccccc3O2)cc1. The van der Waals surface area contributed by atoms with Gasteiger partial charge in [0, 0.05) is 0 Å². The van der Waals surface area contributed by atoms with Gasteiger partial charge in [0.05, 0.1) is 6.04 Å². The predicted molar refractivity (Wildman–Crippen MR) is 83.7 cm³/mol. The third-order valence-corrected chi connectivity index (χ3v) is 3.83. The van der Waals surface area contributed by atoms with E-state index in [2.05, 4.69) is 31.2 Å². The fourth-order valence-corrected chi connectivity index (χ4v) is 2.62. The molecule has 0 saturated carbocycles. The Morgan fingerprint density at radius 2 is 1.81 bits per heavy atom. The van der Waals surface area contributed by atoms with E-state index in [1.807, 2.05) is 24.3 Å². The molecule has 1 aliphatic rings. The Morgan fingerprint density at radius 3 is 2.52 bits per heavy atom. The lowest BCUT2D eigenvalue weighted by Gasteiger charge is -2.30. The molecule has 1 heterocycles. The van der Waals surface area contributed by atoms with Crippen molar-refractivity contribution >= 4 is 0 Å². The Morgan fingerprint density at radius 1 is 1.10 bits per heavy atom. The molecule has 2 aromatic carbocycles. The van der Waals surface area contributed by atoms with Crippen LogP contribution >= 0.6 is 0 Å². The number of fused-ring (bicyclic) bond motifs is 1. The fourth-order valence-electron chi connectivity index (χ4n) is 2.62. The maximum Gasteiger partial charge on any atom is 0.161 e. The molecule has 3 nitrogen and oxygen atoms in total. The molecule has 0 amide bonds. The lowest BCUT2D eigenvalue weighted by atomic mass is 9.99. The van der Waals surface area contributed by atoms with Crippen LogP contribution in [-0.2, 0) is 6.42 Å². The summed E-state index contributed by atoms with van der Waals surface area (Å²) in [5, 5.41) is 0. The minimum atomic E-state index is -0.186. The largest absolute Gasteiger partial charge is 0.486 e. The molecule has 0 saturated heterocycles. The smallest absolute Gasteiger partial charge is 0.161 e. The van der Waals surface area contributed by atoms with E-state index in [1.165, 1.54) is 5.56 Å². The van der Waals surface area contributed by atoms with Crippen LogP contribution in [0.1, 0.15) is 30.5 Å². The Bertz CT molecular complexity index is 594. The summed E-state index contributed by atoms with van der Waals surface area (Å²) in [5.41, 5.74) is 8.78. The molecule has 1 aliphatic heterocycles. The summed E-state index contributed by atoms with van der Waals surface area (Å²) in [7, 11) is 0. The van der Waals surface area contributed by atoms with Crippen LogP contribution in [0.15, 0.2) is 48.5 Å². The first-order chi connectivity index (χ1) is 10.3. The second-order valence-electron chi connectivity index (χ2n) is 5.43.